The summed E-state index contributed by atoms with van der Waals surface area (Å²) in [4.78, 5) is 25.2. The number of fused-ring (bicyclic) bond motifs is 6. The predicted molar refractivity (Wildman–Crippen MR) is 214 cm³/mol. The molecule has 5 aromatic rings. The molecule has 6 heterocycles. The number of phenols is 1. The molecule has 4 aliphatic rings. The molecule has 57 heavy (non-hydrogen) atoms. The number of nitrogens with zero attached hydrogens (tertiary/aromatic N) is 2. The normalized spacial score (nSPS) is 18.1. The van der Waals surface area contributed by atoms with E-state index in [9.17, 15) is 14.7 Å². The number of phenolic OH excluding ortho intramolecular Hbond substituents is 1. The molecule has 4 aliphatic heterocycles. The zero-order valence-corrected chi connectivity index (χ0v) is 32.4. The zero-order valence-electron chi connectivity index (χ0n) is 32.4. The van der Waals surface area contributed by atoms with E-state index in [2.05, 4.69) is 28.8 Å². The highest BCUT2D eigenvalue weighted by molar-refractivity contribution is 5.71. The molecular formula is C45H48N2O10. The Morgan fingerprint density at radius 3 is 1.74 bits per heavy atom. The fraction of sp³-hybridized carbons (Fsp3) is 0.378. The van der Waals surface area contributed by atoms with Gasteiger partial charge in [-0.15, -0.1) is 0 Å². The van der Waals surface area contributed by atoms with Gasteiger partial charge in [-0.2, -0.15) is 0 Å². The van der Waals surface area contributed by atoms with Crippen LogP contribution in [0.15, 0.2) is 88.5 Å². The van der Waals surface area contributed by atoms with E-state index in [4.69, 9.17) is 33.2 Å². The lowest BCUT2D eigenvalue weighted by Crippen LogP contribution is -2.34. The summed E-state index contributed by atoms with van der Waals surface area (Å²) in [7, 11) is 0. The molecule has 0 amide bonds. The topological polar surface area (TPSA) is 129 Å². The van der Waals surface area contributed by atoms with Gasteiger partial charge in [0.2, 0.25) is 0 Å². The first-order chi connectivity index (χ1) is 27.8. The van der Waals surface area contributed by atoms with Crippen molar-refractivity contribution in [2.24, 2.45) is 0 Å². The summed E-state index contributed by atoms with van der Waals surface area (Å²) in [5, 5.41) is 9.72. The summed E-state index contributed by atoms with van der Waals surface area (Å²) in [6.45, 7) is 9.77. The smallest absolute Gasteiger partial charge is 0.197 e. The van der Waals surface area contributed by atoms with E-state index in [1.165, 1.54) is 5.56 Å². The van der Waals surface area contributed by atoms with Crippen LogP contribution in [0.25, 0.3) is 22.5 Å². The van der Waals surface area contributed by atoms with Crippen LogP contribution >= 0.6 is 0 Å². The highest BCUT2D eigenvalue weighted by Gasteiger charge is 2.25. The maximum absolute atomic E-state index is 12.7. The van der Waals surface area contributed by atoms with Crippen molar-refractivity contribution in [3.8, 4) is 45.8 Å². The van der Waals surface area contributed by atoms with Crippen molar-refractivity contribution in [1.82, 2.24) is 9.13 Å². The third-order valence-corrected chi connectivity index (χ3v) is 10.8. The minimum Gasteiger partial charge on any atom is -0.508 e. The fourth-order valence-electron chi connectivity index (χ4n) is 7.78. The van der Waals surface area contributed by atoms with Crippen molar-refractivity contribution in [3.05, 3.63) is 127 Å². The van der Waals surface area contributed by atoms with Crippen LogP contribution in [0.2, 0.25) is 0 Å². The number of hydrogen-bond donors (Lipinski definition) is 1. The average Bonchev–Trinajstić information content (AvgIpc) is 3.25. The van der Waals surface area contributed by atoms with Gasteiger partial charge in [0.05, 0.1) is 51.0 Å². The van der Waals surface area contributed by atoms with E-state index in [1.54, 1.807) is 24.3 Å². The largest absolute Gasteiger partial charge is 0.508 e. The molecule has 298 valence electrons. The molecule has 2 fully saturated rings. The standard InChI is InChI=1S/C26H27NO5.C19H21NO5/c1-18-24(28)14-25(32-17-22-16-29-11-12-30-22)27-10-9-20-13-21(7-8-23(20)26(18)27)31-15-19-5-3-2-4-6-19;1-12-17(22)9-18(25-11-15-10-23-6-7-24-15)20-5-4-13-8-14(21)2-3-16(13)19(12)20/h2-8,13-14,22H,9-12,15-17H2,1H3;2-3,8-9,15,21H,4-7,10-11H2,1H3/t22-;15-/m00/s1. The number of benzene rings is 3. The monoisotopic (exact) mass is 776 g/mol. The minimum absolute atomic E-state index is 0.0238. The molecule has 12 heteroatoms. The molecule has 9 rings (SSSR count). The van der Waals surface area contributed by atoms with Gasteiger partial charge in [-0.25, -0.2) is 0 Å². The Kier molecular flexibility index (Phi) is 11.7. The van der Waals surface area contributed by atoms with Gasteiger partial charge in [0.15, 0.2) is 22.6 Å². The molecule has 0 saturated carbocycles. The summed E-state index contributed by atoms with van der Waals surface area (Å²) < 4.78 is 44.2. The van der Waals surface area contributed by atoms with Gasteiger partial charge in [0, 0.05) is 47.5 Å². The van der Waals surface area contributed by atoms with Gasteiger partial charge in [-0.05, 0) is 79.8 Å². The van der Waals surface area contributed by atoms with Crippen molar-refractivity contribution >= 4 is 0 Å². The van der Waals surface area contributed by atoms with Crippen LogP contribution in [-0.4, -0.2) is 79.3 Å². The zero-order chi connectivity index (χ0) is 39.3. The molecule has 2 aromatic heterocycles. The average molecular weight is 777 g/mol. The summed E-state index contributed by atoms with van der Waals surface area (Å²) in [5.41, 5.74) is 8.52. The van der Waals surface area contributed by atoms with Gasteiger partial charge in [-0.1, -0.05) is 30.3 Å². The third-order valence-electron chi connectivity index (χ3n) is 10.8. The first-order valence-electron chi connectivity index (χ1n) is 19.6. The Morgan fingerprint density at radius 2 is 1.19 bits per heavy atom. The molecule has 0 bridgehead atoms. The summed E-state index contributed by atoms with van der Waals surface area (Å²) in [6.07, 6.45) is 1.39. The Labute approximate surface area is 331 Å². The second kappa shape index (κ2) is 17.4. The quantitative estimate of drug-likeness (QED) is 0.201. The van der Waals surface area contributed by atoms with Crippen LogP contribution in [0.5, 0.6) is 23.3 Å². The number of pyridine rings is 2. The van der Waals surface area contributed by atoms with Crippen molar-refractivity contribution in [2.75, 3.05) is 52.9 Å². The van der Waals surface area contributed by atoms with E-state index in [-0.39, 0.29) is 28.8 Å². The first kappa shape index (κ1) is 38.5. The predicted octanol–water partition coefficient (Wildman–Crippen LogP) is 5.63. The van der Waals surface area contributed by atoms with Crippen molar-refractivity contribution in [2.45, 2.75) is 58.6 Å². The molecule has 3 aromatic carbocycles. The lowest BCUT2D eigenvalue weighted by Gasteiger charge is -2.28. The fourth-order valence-corrected chi connectivity index (χ4v) is 7.78. The number of hydrogen-bond acceptors (Lipinski definition) is 10. The molecular weight excluding hydrogens is 728 g/mol. The molecule has 12 nitrogen and oxygen atoms in total. The van der Waals surface area contributed by atoms with Crippen LogP contribution in [0, 0.1) is 13.8 Å². The first-order valence-corrected chi connectivity index (χ1v) is 19.6. The number of rotatable bonds is 9. The van der Waals surface area contributed by atoms with Gasteiger partial charge in [0.25, 0.3) is 0 Å². The lowest BCUT2D eigenvalue weighted by atomic mass is 9.94. The number of aryl methyl sites for hydroxylation is 2. The van der Waals surface area contributed by atoms with E-state index >= 15 is 0 Å². The maximum Gasteiger partial charge on any atom is 0.197 e. The van der Waals surface area contributed by atoms with Gasteiger partial charge in [0.1, 0.15) is 43.5 Å². The van der Waals surface area contributed by atoms with Crippen molar-refractivity contribution in [3.63, 3.8) is 0 Å². The Morgan fingerprint density at radius 1 is 0.649 bits per heavy atom. The third kappa shape index (κ3) is 8.64. The Bertz CT molecular complexity index is 2320. The van der Waals surface area contributed by atoms with Crippen LogP contribution in [0.3, 0.4) is 0 Å². The van der Waals surface area contributed by atoms with Gasteiger partial charge < -0.3 is 47.4 Å². The van der Waals surface area contributed by atoms with Crippen molar-refractivity contribution < 1.29 is 38.3 Å². The molecule has 0 aliphatic carbocycles. The number of aromatic nitrogens is 2. The Hall–Kier alpha value is -5.40. The molecule has 0 unspecified atom stereocenters. The molecule has 2 saturated heterocycles. The van der Waals surface area contributed by atoms with Gasteiger partial charge >= 0.3 is 0 Å². The minimum atomic E-state index is -0.116. The van der Waals surface area contributed by atoms with Crippen molar-refractivity contribution in [1.29, 1.82) is 0 Å². The van der Waals surface area contributed by atoms with Crippen LogP contribution in [0.4, 0.5) is 0 Å². The molecule has 2 atom stereocenters. The number of ether oxygens (including phenoxy) is 7. The van der Waals surface area contributed by atoms with Crippen LogP contribution < -0.4 is 25.1 Å². The second-order valence-corrected chi connectivity index (χ2v) is 14.6. The van der Waals surface area contributed by atoms with E-state index in [0.717, 1.165) is 64.3 Å². The summed E-state index contributed by atoms with van der Waals surface area (Å²) in [6, 6.07) is 24.7. The number of aromatic hydroxyl groups is 1. The highest BCUT2D eigenvalue weighted by Crippen LogP contribution is 2.37. The molecule has 1 N–H and O–H groups in total. The molecule has 0 spiro atoms. The highest BCUT2D eigenvalue weighted by atomic mass is 16.6. The molecule has 0 radical (unpaired) electrons. The van der Waals surface area contributed by atoms with E-state index in [0.29, 0.717) is 83.3 Å². The van der Waals surface area contributed by atoms with Crippen LogP contribution in [-0.2, 0) is 51.5 Å². The maximum atomic E-state index is 12.7. The van der Waals surface area contributed by atoms with E-state index < -0.39 is 0 Å². The van der Waals surface area contributed by atoms with Gasteiger partial charge in [-0.3, -0.25) is 9.59 Å². The second-order valence-electron chi connectivity index (χ2n) is 14.6. The van der Waals surface area contributed by atoms with Crippen LogP contribution in [0.1, 0.15) is 27.8 Å². The lowest BCUT2D eigenvalue weighted by molar-refractivity contribution is -0.102. The summed E-state index contributed by atoms with van der Waals surface area (Å²) >= 11 is 0. The SMILES string of the molecule is Cc1c2n(c(OC[C@@H]3COCCO3)cc1=O)CCc1cc(O)ccc1-2.Cc1c2n(c(OC[C@@H]3COCCO3)cc1=O)CCc1cc(OCc3ccccc3)ccc1-2. The van der Waals surface area contributed by atoms with E-state index in [1.807, 2.05) is 48.7 Å². The Balaban J connectivity index is 0.000000165. The summed E-state index contributed by atoms with van der Waals surface area (Å²) in [5.74, 6) is 2.22.